The molecule has 0 aliphatic heterocycles. The fourth-order valence-corrected chi connectivity index (χ4v) is 2.76. The Kier molecular flexibility index (Phi) is 6.03. The monoisotopic (exact) mass is 351 g/mol. The molecule has 1 saturated carbocycles. The lowest BCUT2D eigenvalue weighted by molar-refractivity contribution is -0.153. The molecular formula is C14H25NO7S. The van der Waals surface area contributed by atoms with E-state index in [1.165, 1.54) is 0 Å². The summed E-state index contributed by atoms with van der Waals surface area (Å²) in [6.07, 6.45) is 0.0574. The molecule has 1 fully saturated rings. The highest BCUT2D eigenvalue weighted by Crippen LogP contribution is 2.51. The van der Waals surface area contributed by atoms with Crippen LogP contribution in [0.15, 0.2) is 0 Å². The lowest BCUT2D eigenvalue weighted by Gasteiger charge is -2.26. The Labute approximate surface area is 137 Å². The minimum atomic E-state index is -3.80. The third-order valence-corrected chi connectivity index (χ3v) is 3.79. The predicted octanol–water partition coefficient (Wildman–Crippen LogP) is 1.20. The smallest absolute Gasteiger partial charge is 0.407 e. The summed E-state index contributed by atoms with van der Waals surface area (Å²) in [4.78, 5) is 23.8. The van der Waals surface area contributed by atoms with E-state index < -0.39 is 39.3 Å². The molecule has 23 heavy (non-hydrogen) atoms. The van der Waals surface area contributed by atoms with Gasteiger partial charge >= 0.3 is 12.1 Å². The summed E-state index contributed by atoms with van der Waals surface area (Å²) in [6, 6.07) is 0. The lowest BCUT2D eigenvalue weighted by atomic mass is 9.99. The van der Waals surface area contributed by atoms with Gasteiger partial charge in [0.1, 0.15) is 11.7 Å². The number of amides is 1. The van der Waals surface area contributed by atoms with Crippen molar-refractivity contribution >= 4 is 22.2 Å². The van der Waals surface area contributed by atoms with Gasteiger partial charge in [0.2, 0.25) is 0 Å². The molecule has 0 heterocycles. The van der Waals surface area contributed by atoms with Crippen LogP contribution < -0.4 is 5.32 Å². The summed E-state index contributed by atoms with van der Waals surface area (Å²) in [6.45, 7) is 6.81. The van der Waals surface area contributed by atoms with E-state index in [2.05, 4.69) is 5.32 Å². The zero-order valence-electron chi connectivity index (χ0n) is 14.2. The van der Waals surface area contributed by atoms with Gasteiger partial charge < -0.3 is 14.8 Å². The van der Waals surface area contributed by atoms with Crippen LogP contribution in [0.2, 0.25) is 0 Å². The molecule has 0 bridgehead atoms. The van der Waals surface area contributed by atoms with Crippen LogP contribution in [-0.4, -0.2) is 51.6 Å². The topological polar surface area (TPSA) is 108 Å². The van der Waals surface area contributed by atoms with Gasteiger partial charge in [0.25, 0.3) is 10.1 Å². The second kappa shape index (κ2) is 7.04. The molecule has 0 aromatic heterocycles. The van der Waals surface area contributed by atoms with Gasteiger partial charge in [-0.05, 0) is 40.5 Å². The summed E-state index contributed by atoms with van der Waals surface area (Å²) in [7, 11) is -3.80. The molecular weight excluding hydrogens is 326 g/mol. The zero-order chi connectivity index (χ0) is 17.9. The van der Waals surface area contributed by atoms with Gasteiger partial charge in [-0.3, -0.25) is 8.98 Å². The number of hydrogen-bond donors (Lipinski definition) is 1. The number of rotatable bonds is 7. The van der Waals surface area contributed by atoms with Crippen molar-refractivity contribution in [3.63, 3.8) is 0 Å². The molecule has 0 saturated heterocycles. The molecule has 134 valence electrons. The van der Waals surface area contributed by atoms with Crippen LogP contribution in [0, 0.1) is 5.41 Å². The Bertz CT molecular complexity index is 546. The highest BCUT2D eigenvalue weighted by Gasteiger charge is 2.59. The summed E-state index contributed by atoms with van der Waals surface area (Å²) >= 11 is 0. The van der Waals surface area contributed by atoms with Gasteiger partial charge in [-0.15, -0.1) is 0 Å². The quantitative estimate of drug-likeness (QED) is 0.542. The first-order chi connectivity index (χ1) is 10.4. The van der Waals surface area contributed by atoms with Gasteiger partial charge in [-0.2, -0.15) is 8.42 Å². The van der Waals surface area contributed by atoms with Crippen molar-refractivity contribution in [3.8, 4) is 0 Å². The van der Waals surface area contributed by atoms with E-state index in [1.807, 2.05) is 0 Å². The molecule has 1 rings (SSSR count). The van der Waals surface area contributed by atoms with Crippen molar-refractivity contribution in [1.82, 2.24) is 5.32 Å². The van der Waals surface area contributed by atoms with Crippen molar-refractivity contribution < 1.29 is 31.7 Å². The number of ether oxygens (including phenoxy) is 2. The standard InChI is InChI=1S/C14H25NO7S/c1-6-20-11(16)14(7-8-14)10(22-23(5,18)19)9-15-12(17)21-13(2,3)4/h10H,6-9H2,1-5H3,(H,15,17)/t10-/m0/s1. The molecule has 1 aliphatic rings. The van der Waals surface area contributed by atoms with Crippen LogP contribution in [-0.2, 0) is 28.6 Å². The first-order valence-electron chi connectivity index (χ1n) is 7.42. The number of hydrogen-bond acceptors (Lipinski definition) is 7. The van der Waals surface area contributed by atoms with Gasteiger partial charge in [0.15, 0.2) is 0 Å². The Balaban J connectivity index is 2.79. The zero-order valence-corrected chi connectivity index (χ0v) is 15.0. The maximum atomic E-state index is 12.1. The molecule has 0 spiro atoms. The fourth-order valence-electron chi connectivity index (χ4n) is 2.09. The largest absolute Gasteiger partial charge is 0.465 e. The maximum Gasteiger partial charge on any atom is 0.407 e. The molecule has 8 nitrogen and oxygen atoms in total. The molecule has 1 amide bonds. The van der Waals surface area contributed by atoms with E-state index in [1.54, 1.807) is 27.7 Å². The van der Waals surface area contributed by atoms with Crippen molar-refractivity contribution in [2.45, 2.75) is 52.2 Å². The Morgan fingerprint density at radius 1 is 1.26 bits per heavy atom. The average Bonchev–Trinajstić information content (AvgIpc) is 3.12. The number of esters is 1. The Morgan fingerprint density at radius 2 is 1.83 bits per heavy atom. The second-order valence-corrected chi connectivity index (χ2v) is 8.15. The fraction of sp³-hybridized carbons (Fsp3) is 0.857. The van der Waals surface area contributed by atoms with Gasteiger partial charge in [0, 0.05) is 6.54 Å². The third kappa shape index (κ3) is 6.34. The Morgan fingerprint density at radius 3 is 2.22 bits per heavy atom. The number of carbonyl (C=O) groups is 2. The third-order valence-electron chi connectivity index (χ3n) is 3.21. The van der Waals surface area contributed by atoms with Crippen LogP contribution in [0.25, 0.3) is 0 Å². The molecule has 9 heteroatoms. The minimum Gasteiger partial charge on any atom is -0.465 e. The highest BCUT2D eigenvalue weighted by molar-refractivity contribution is 7.86. The highest BCUT2D eigenvalue weighted by atomic mass is 32.2. The summed E-state index contributed by atoms with van der Waals surface area (Å²) < 4.78 is 38.0. The van der Waals surface area contributed by atoms with Crippen molar-refractivity contribution in [1.29, 1.82) is 0 Å². The molecule has 0 aromatic rings. The van der Waals surface area contributed by atoms with E-state index in [4.69, 9.17) is 13.7 Å². The van der Waals surface area contributed by atoms with Crippen molar-refractivity contribution in [2.75, 3.05) is 19.4 Å². The molecule has 1 atom stereocenters. The summed E-state index contributed by atoms with van der Waals surface area (Å²) in [5.74, 6) is -0.514. The normalized spacial score (nSPS) is 18.0. The molecule has 1 N–H and O–H groups in total. The van der Waals surface area contributed by atoms with Crippen LogP contribution in [0.4, 0.5) is 4.79 Å². The van der Waals surface area contributed by atoms with Crippen LogP contribution >= 0.6 is 0 Å². The molecule has 0 aromatic carbocycles. The van der Waals surface area contributed by atoms with Gasteiger partial charge in [-0.1, -0.05) is 0 Å². The predicted molar refractivity (Wildman–Crippen MR) is 82.3 cm³/mol. The minimum absolute atomic E-state index is 0.166. The van der Waals surface area contributed by atoms with Crippen molar-refractivity contribution in [3.05, 3.63) is 0 Å². The SMILES string of the molecule is CCOC(=O)C1([C@H](CNC(=O)OC(C)(C)C)OS(C)(=O)=O)CC1. The lowest BCUT2D eigenvalue weighted by Crippen LogP contribution is -2.45. The van der Waals surface area contributed by atoms with E-state index in [0.717, 1.165) is 6.26 Å². The second-order valence-electron chi connectivity index (χ2n) is 6.55. The van der Waals surface area contributed by atoms with E-state index >= 15 is 0 Å². The number of nitrogens with one attached hydrogen (secondary N) is 1. The van der Waals surface area contributed by atoms with Crippen LogP contribution in [0.1, 0.15) is 40.5 Å². The van der Waals surface area contributed by atoms with Crippen molar-refractivity contribution in [2.24, 2.45) is 5.41 Å². The maximum absolute atomic E-state index is 12.1. The van der Waals surface area contributed by atoms with E-state index in [9.17, 15) is 18.0 Å². The molecule has 0 radical (unpaired) electrons. The summed E-state index contributed by atoms with van der Waals surface area (Å²) in [5.41, 5.74) is -1.72. The molecule has 0 unspecified atom stereocenters. The Hall–Kier alpha value is -1.35. The molecule has 1 aliphatic carbocycles. The first kappa shape index (κ1) is 19.7. The van der Waals surface area contributed by atoms with E-state index in [0.29, 0.717) is 12.8 Å². The van der Waals surface area contributed by atoms with Crippen LogP contribution in [0.3, 0.4) is 0 Å². The van der Waals surface area contributed by atoms with Crippen LogP contribution in [0.5, 0.6) is 0 Å². The van der Waals surface area contributed by atoms with Gasteiger partial charge in [-0.25, -0.2) is 4.79 Å². The average molecular weight is 351 g/mol. The van der Waals surface area contributed by atoms with E-state index in [-0.39, 0.29) is 13.2 Å². The van der Waals surface area contributed by atoms with Gasteiger partial charge in [0.05, 0.1) is 18.3 Å². The summed E-state index contributed by atoms with van der Waals surface area (Å²) in [5, 5.41) is 2.45. The number of alkyl carbamates (subject to hydrolysis) is 1. The number of carbonyl (C=O) groups excluding carboxylic acids is 2. The first-order valence-corrected chi connectivity index (χ1v) is 9.23.